The lowest BCUT2D eigenvalue weighted by atomic mass is 9.97. The summed E-state index contributed by atoms with van der Waals surface area (Å²) in [5, 5.41) is 5.56. The van der Waals surface area contributed by atoms with Gasteiger partial charge in [0.1, 0.15) is 24.4 Å². The van der Waals surface area contributed by atoms with Crippen molar-refractivity contribution in [1.82, 2.24) is 20.4 Å². The Morgan fingerprint density at radius 2 is 1.82 bits per heavy atom. The fourth-order valence-electron chi connectivity index (χ4n) is 4.12. The Labute approximate surface area is 194 Å². The minimum Gasteiger partial charge on any atom is -0.491 e. The number of carbonyl (C=O) groups excluding carboxylic acids is 4. The van der Waals surface area contributed by atoms with Gasteiger partial charge in [-0.1, -0.05) is 32.4 Å². The Hall–Kier alpha value is -3.10. The molecule has 0 aromatic heterocycles. The molecule has 1 fully saturated rings. The number of nitrogens with one attached hydrogen (secondary N) is 2. The highest BCUT2D eigenvalue weighted by atomic mass is 16.5. The summed E-state index contributed by atoms with van der Waals surface area (Å²) in [5.41, 5.74) is 0.278. The maximum Gasteiger partial charge on any atom is 0.255 e. The first-order valence-electron chi connectivity index (χ1n) is 11.7. The van der Waals surface area contributed by atoms with Gasteiger partial charge >= 0.3 is 0 Å². The molecule has 0 aliphatic carbocycles. The lowest BCUT2D eigenvalue weighted by Gasteiger charge is -2.30. The largest absolute Gasteiger partial charge is 0.491 e. The van der Waals surface area contributed by atoms with Crippen LogP contribution in [0.15, 0.2) is 24.3 Å². The number of amides is 4. The lowest BCUT2D eigenvalue weighted by molar-refractivity contribution is -0.138. The lowest BCUT2D eigenvalue weighted by Crippen LogP contribution is -2.54. The Morgan fingerprint density at radius 1 is 1.12 bits per heavy atom. The Balaban J connectivity index is 1.93. The second-order valence-corrected chi connectivity index (χ2v) is 8.80. The van der Waals surface area contributed by atoms with Crippen LogP contribution in [0, 0.1) is 5.92 Å². The maximum atomic E-state index is 13.2. The van der Waals surface area contributed by atoms with E-state index in [9.17, 15) is 19.2 Å². The third-order valence-electron chi connectivity index (χ3n) is 6.40. The van der Waals surface area contributed by atoms with E-state index in [0.29, 0.717) is 31.8 Å². The summed E-state index contributed by atoms with van der Waals surface area (Å²) in [6.45, 7) is 5.55. The van der Waals surface area contributed by atoms with Crippen molar-refractivity contribution in [3.63, 3.8) is 0 Å². The molecule has 33 heavy (non-hydrogen) atoms. The molecule has 0 radical (unpaired) electrons. The zero-order valence-corrected chi connectivity index (χ0v) is 19.6. The van der Waals surface area contributed by atoms with Gasteiger partial charge in [-0.3, -0.25) is 19.2 Å². The molecule has 2 N–H and O–H groups in total. The molecule has 3 rings (SSSR count). The molecule has 3 atom stereocenters. The molecule has 180 valence electrons. The van der Waals surface area contributed by atoms with Gasteiger partial charge in [-0.05, 0) is 30.9 Å². The van der Waals surface area contributed by atoms with E-state index in [2.05, 4.69) is 10.6 Å². The molecule has 1 saturated heterocycles. The van der Waals surface area contributed by atoms with Crippen molar-refractivity contribution in [2.45, 2.75) is 51.6 Å². The summed E-state index contributed by atoms with van der Waals surface area (Å²) in [6.07, 6.45) is 2.24. The van der Waals surface area contributed by atoms with Crippen LogP contribution in [0.5, 0.6) is 5.75 Å². The molecular weight excluding hydrogens is 424 g/mol. The number of benzene rings is 1. The number of fused-ring (bicyclic) bond motifs is 1. The highest BCUT2D eigenvalue weighted by molar-refractivity contribution is 6.01. The molecule has 1 aromatic rings. The zero-order valence-electron chi connectivity index (χ0n) is 19.6. The number of hydrogen-bond donors (Lipinski definition) is 2. The molecule has 1 aromatic carbocycles. The smallest absolute Gasteiger partial charge is 0.255 e. The third-order valence-corrected chi connectivity index (χ3v) is 6.40. The van der Waals surface area contributed by atoms with Crippen molar-refractivity contribution < 1.29 is 23.9 Å². The first-order chi connectivity index (χ1) is 15.8. The van der Waals surface area contributed by atoms with Crippen molar-refractivity contribution in [1.29, 1.82) is 0 Å². The number of nitrogens with zero attached hydrogens (tertiary/aromatic N) is 2. The van der Waals surface area contributed by atoms with Gasteiger partial charge in [0, 0.05) is 20.1 Å². The van der Waals surface area contributed by atoms with Crippen LogP contribution < -0.4 is 15.4 Å². The van der Waals surface area contributed by atoms with E-state index < -0.39 is 23.9 Å². The van der Waals surface area contributed by atoms with Gasteiger partial charge in [0.15, 0.2) is 0 Å². The summed E-state index contributed by atoms with van der Waals surface area (Å²) < 4.78 is 5.82. The molecule has 0 bridgehead atoms. The standard InChI is InChI=1S/C24H34N4O5/c1-4-16(2)21-24(32)27(3)13-14-33-19-10-6-5-9-17(19)22(30)25-18(15-20(29)26-21)23(31)28-11-7-8-12-28/h5-6,9-10,16,18,21H,4,7-8,11-15H2,1-3H3,(H,25,30)(H,26,29)/t16-,18+,21+/m1/s1. The van der Waals surface area contributed by atoms with Crippen molar-refractivity contribution in [2.75, 3.05) is 33.3 Å². The number of para-hydroxylation sites is 1. The number of likely N-dealkylation sites (tertiary alicyclic amines) is 1. The van der Waals surface area contributed by atoms with Gasteiger partial charge in [-0.2, -0.15) is 0 Å². The zero-order chi connectivity index (χ0) is 24.0. The van der Waals surface area contributed by atoms with Crippen molar-refractivity contribution in [3.8, 4) is 5.75 Å². The Morgan fingerprint density at radius 3 is 2.52 bits per heavy atom. The van der Waals surface area contributed by atoms with Gasteiger partial charge < -0.3 is 25.2 Å². The van der Waals surface area contributed by atoms with Gasteiger partial charge in [-0.25, -0.2) is 0 Å². The first-order valence-corrected chi connectivity index (χ1v) is 11.7. The van der Waals surface area contributed by atoms with E-state index in [0.717, 1.165) is 12.8 Å². The van der Waals surface area contributed by atoms with E-state index in [-0.39, 0.29) is 36.3 Å². The Kier molecular flexibility index (Phi) is 8.30. The van der Waals surface area contributed by atoms with Crippen LogP contribution in [0.2, 0.25) is 0 Å². The van der Waals surface area contributed by atoms with Gasteiger partial charge in [0.25, 0.3) is 5.91 Å². The molecule has 0 spiro atoms. The molecule has 9 heteroatoms. The number of hydrogen-bond acceptors (Lipinski definition) is 5. The summed E-state index contributed by atoms with van der Waals surface area (Å²) in [5.74, 6) is -1.15. The van der Waals surface area contributed by atoms with E-state index in [1.54, 1.807) is 36.2 Å². The first kappa shape index (κ1) is 24.5. The van der Waals surface area contributed by atoms with E-state index >= 15 is 0 Å². The van der Waals surface area contributed by atoms with E-state index in [4.69, 9.17) is 4.74 Å². The van der Waals surface area contributed by atoms with Crippen LogP contribution in [-0.4, -0.2) is 78.8 Å². The van der Waals surface area contributed by atoms with Crippen molar-refractivity contribution >= 4 is 23.6 Å². The summed E-state index contributed by atoms with van der Waals surface area (Å²) >= 11 is 0. The fraction of sp³-hybridized carbons (Fsp3) is 0.583. The van der Waals surface area contributed by atoms with Crippen LogP contribution >= 0.6 is 0 Å². The SMILES string of the molecule is CC[C@@H](C)[C@@H]1NC(=O)C[C@@H](C(=O)N2CCCC2)NC(=O)c2ccccc2OCCN(C)C1=O. The fourth-order valence-corrected chi connectivity index (χ4v) is 4.12. The predicted octanol–water partition coefficient (Wildman–Crippen LogP) is 1.18. The van der Waals surface area contributed by atoms with Crippen LogP contribution in [-0.2, 0) is 14.4 Å². The second kappa shape index (κ2) is 11.2. The molecule has 2 aliphatic heterocycles. The number of rotatable bonds is 3. The van der Waals surface area contributed by atoms with E-state index in [1.165, 1.54) is 4.90 Å². The highest BCUT2D eigenvalue weighted by Gasteiger charge is 2.34. The van der Waals surface area contributed by atoms with Crippen molar-refractivity contribution in [3.05, 3.63) is 29.8 Å². The highest BCUT2D eigenvalue weighted by Crippen LogP contribution is 2.20. The van der Waals surface area contributed by atoms with Crippen LogP contribution in [0.3, 0.4) is 0 Å². The average molecular weight is 459 g/mol. The molecule has 9 nitrogen and oxygen atoms in total. The van der Waals surface area contributed by atoms with E-state index in [1.807, 2.05) is 13.8 Å². The van der Waals surface area contributed by atoms with Crippen LogP contribution in [0.25, 0.3) is 0 Å². The molecule has 4 amide bonds. The molecule has 2 aliphatic rings. The molecule has 2 heterocycles. The third kappa shape index (κ3) is 6.03. The van der Waals surface area contributed by atoms with Gasteiger partial charge in [-0.15, -0.1) is 0 Å². The normalized spacial score (nSPS) is 23.7. The number of ether oxygens (including phenoxy) is 1. The minimum absolute atomic E-state index is 0.0965. The number of carbonyl (C=O) groups is 4. The summed E-state index contributed by atoms with van der Waals surface area (Å²) in [6, 6.07) is 5.00. The number of likely N-dealkylation sites (N-methyl/N-ethyl adjacent to an activating group) is 1. The van der Waals surface area contributed by atoms with Crippen molar-refractivity contribution in [2.24, 2.45) is 5.92 Å². The van der Waals surface area contributed by atoms with Crippen LogP contribution in [0.1, 0.15) is 49.9 Å². The topological polar surface area (TPSA) is 108 Å². The summed E-state index contributed by atoms with van der Waals surface area (Å²) in [7, 11) is 1.66. The predicted molar refractivity (Wildman–Crippen MR) is 123 cm³/mol. The summed E-state index contributed by atoms with van der Waals surface area (Å²) in [4.78, 5) is 55.5. The second-order valence-electron chi connectivity index (χ2n) is 8.80. The Bertz CT molecular complexity index is 883. The average Bonchev–Trinajstić information content (AvgIpc) is 3.35. The van der Waals surface area contributed by atoms with Crippen LogP contribution in [0.4, 0.5) is 0 Å². The minimum atomic E-state index is -1.03. The molecular formula is C24H34N4O5. The molecule has 0 unspecified atom stereocenters. The quantitative estimate of drug-likeness (QED) is 0.707. The molecule has 0 saturated carbocycles. The monoisotopic (exact) mass is 458 g/mol. The van der Waals surface area contributed by atoms with Gasteiger partial charge in [0.2, 0.25) is 17.7 Å². The maximum absolute atomic E-state index is 13.2. The van der Waals surface area contributed by atoms with Gasteiger partial charge in [0.05, 0.1) is 18.5 Å².